The summed E-state index contributed by atoms with van der Waals surface area (Å²) in [5.41, 5.74) is 5.15. The van der Waals surface area contributed by atoms with E-state index in [0.29, 0.717) is 16.1 Å². The van der Waals surface area contributed by atoms with E-state index in [1.165, 1.54) is 16.7 Å². The number of rotatable bonds is 5. The Balaban J connectivity index is 1.51. The fourth-order valence-corrected chi connectivity index (χ4v) is 6.09. The van der Waals surface area contributed by atoms with Crippen LogP contribution in [-0.2, 0) is 11.2 Å². The smallest absolute Gasteiger partial charge is 0.315 e. The Hall–Kier alpha value is -2.05. The maximum absolute atomic E-state index is 12.6. The van der Waals surface area contributed by atoms with E-state index in [-0.39, 0.29) is 12.4 Å². The van der Waals surface area contributed by atoms with Gasteiger partial charge in [0.25, 0.3) is 0 Å². The van der Waals surface area contributed by atoms with Gasteiger partial charge in [-0.15, -0.1) is 23.5 Å². The van der Waals surface area contributed by atoms with E-state index in [1.54, 1.807) is 13.4 Å². The molecule has 0 amide bonds. The van der Waals surface area contributed by atoms with Gasteiger partial charge in [0.15, 0.2) is 11.5 Å². The molecule has 1 saturated heterocycles. The predicted octanol–water partition coefficient (Wildman–Crippen LogP) is 5.68. The monoisotopic (exact) mass is 414 g/mol. The van der Waals surface area contributed by atoms with Crippen molar-refractivity contribution < 1.29 is 18.7 Å². The highest BCUT2D eigenvalue weighted by atomic mass is 32.2. The number of esters is 1. The molecule has 1 aliphatic rings. The maximum Gasteiger partial charge on any atom is 0.315 e. The summed E-state index contributed by atoms with van der Waals surface area (Å²) in [5, 5.41) is 0.956. The number of hydrogen-bond donors (Lipinski definition) is 0. The number of furan rings is 1. The van der Waals surface area contributed by atoms with Crippen molar-refractivity contribution in [2.45, 2.75) is 24.9 Å². The van der Waals surface area contributed by atoms with Crippen molar-refractivity contribution in [3.05, 3.63) is 58.8 Å². The van der Waals surface area contributed by atoms with E-state index in [2.05, 4.69) is 13.0 Å². The third-order valence-electron chi connectivity index (χ3n) is 4.91. The highest BCUT2D eigenvalue weighted by molar-refractivity contribution is 8.19. The lowest BCUT2D eigenvalue weighted by atomic mass is 10.0. The highest BCUT2D eigenvalue weighted by Gasteiger charge is 2.21. The molecule has 6 heteroatoms. The Kier molecular flexibility index (Phi) is 5.60. The van der Waals surface area contributed by atoms with Crippen LogP contribution >= 0.6 is 23.5 Å². The van der Waals surface area contributed by atoms with Crippen molar-refractivity contribution in [3.63, 3.8) is 0 Å². The molecule has 0 N–H and O–H groups in total. The van der Waals surface area contributed by atoms with Crippen LogP contribution in [0.3, 0.4) is 0 Å². The van der Waals surface area contributed by atoms with Crippen molar-refractivity contribution >= 4 is 40.5 Å². The molecule has 1 aromatic heterocycles. The maximum atomic E-state index is 12.6. The van der Waals surface area contributed by atoms with Gasteiger partial charge in [0.2, 0.25) is 0 Å². The Labute approximate surface area is 173 Å². The summed E-state index contributed by atoms with van der Waals surface area (Å²) in [6, 6.07) is 9.87. The molecular weight excluding hydrogens is 392 g/mol. The molecule has 0 bridgehead atoms. The zero-order valence-corrected chi connectivity index (χ0v) is 17.7. The molecule has 3 aromatic rings. The number of methoxy groups -OCH3 is 1. The SMILES string of the molecule is COc1cc(C2SCCS2)ccc1OC(=O)Cc1coc2cc(C)c(C)cc12. The first-order valence-corrected chi connectivity index (χ1v) is 11.2. The van der Waals surface area contributed by atoms with Crippen LogP contribution < -0.4 is 9.47 Å². The van der Waals surface area contributed by atoms with E-state index in [4.69, 9.17) is 13.9 Å². The molecule has 0 atom stereocenters. The number of hydrogen-bond acceptors (Lipinski definition) is 6. The van der Waals surface area contributed by atoms with Gasteiger partial charge >= 0.3 is 5.97 Å². The fourth-order valence-electron chi connectivity index (χ4n) is 3.25. The summed E-state index contributed by atoms with van der Waals surface area (Å²) in [6.07, 6.45) is 1.79. The average Bonchev–Trinajstić information content (AvgIpc) is 3.34. The summed E-state index contributed by atoms with van der Waals surface area (Å²) in [6.45, 7) is 4.10. The fraction of sp³-hybridized carbons (Fsp3) is 0.318. The van der Waals surface area contributed by atoms with Crippen LogP contribution in [0.4, 0.5) is 0 Å². The normalized spacial score (nSPS) is 14.5. The van der Waals surface area contributed by atoms with Gasteiger partial charge in [0.1, 0.15) is 5.58 Å². The summed E-state index contributed by atoms with van der Waals surface area (Å²) < 4.78 is 17.1. The van der Waals surface area contributed by atoms with E-state index in [9.17, 15) is 4.79 Å². The number of ether oxygens (including phenoxy) is 2. The van der Waals surface area contributed by atoms with Gasteiger partial charge in [-0.05, 0) is 54.8 Å². The lowest BCUT2D eigenvalue weighted by molar-refractivity contribution is -0.133. The molecule has 2 aromatic carbocycles. The second-order valence-electron chi connectivity index (χ2n) is 6.83. The molecule has 1 fully saturated rings. The summed E-state index contributed by atoms with van der Waals surface area (Å²) in [5.74, 6) is 3.01. The number of carbonyl (C=O) groups excluding carboxylic acids is 1. The molecular formula is C22H22O4S2. The number of thioether (sulfide) groups is 2. The van der Waals surface area contributed by atoms with Gasteiger partial charge in [-0.2, -0.15) is 0 Å². The van der Waals surface area contributed by atoms with Gasteiger partial charge in [-0.25, -0.2) is 0 Å². The molecule has 0 spiro atoms. The summed E-state index contributed by atoms with van der Waals surface area (Å²) in [4.78, 5) is 12.6. The van der Waals surface area contributed by atoms with Crippen LogP contribution in [0.15, 0.2) is 41.0 Å². The third-order valence-corrected chi connectivity index (χ3v) is 8.01. The van der Waals surface area contributed by atoms with Crippen LogP contribution in [0.1, 0.15) is 26.8 Å². The van der Waals surface area contributed by atoms with Crippen molar-refractivity contribution in [2.75, 3.05) is 18.6 Å². The molecule has 0 aliphatic carbocycles. The van der Waals surface area contributed by atoms with Crippen LogP contribution in [0.2, 0.25) is 0 Å². The quantitative estimate of drug-likeness (QED) is 0.395. The molecule has 0 radical (unpaired) electrons. The van der Waals surface area contributed by atoms with Gasteiger partial charge in [-0.3, -0.25) is 4.79 Å². The van der Waals surface area contributed by atoms with Gasteiger partial charge < -0.3 is 13.9 Å². The van der Waals surface area contributed by atoms with Crippen molar-refractivity contribution in [1.29, 1.82) is 0 Å². The van der Waals surface area contributed by atoms with Gasteiger partial charge in [0, 0.05) is 22.5 Å². The van der Waals surface area contributed by atoms with E-state index < -0.39 is 0 Å². The first kappa shape index (κ1) is 19.3. The molecule has 28 heavy (non-hydrogen) atoms. The minimum atomic E-state index is -0.336. The summed E-state index contributed by atoms with van der Waals surface area (Å²) in [7, 11) is 1.60. The lowest BCUT2D eigenvalue weighted by Crippen LogP contribution is -2.11. The minimum Gasteiger partial charge on any atom is -0.493 e. The Morgan fingerprint density at radius 3 is 2.61 bits per heavy atom. The van der Waals surface area contributed by atoms with Crippen molar-refractivity contribution in [2.24, 2.45) is 0 Å². The standard InChI is InChI=1S/C22H22O4S2/c1-13-8-17-16(12-25-19(17)9-14(13)2)11-21(23)26-18-5-4-15(10-20(18)24-3)22-27-6-7-28-22/h4-5,8-10,12,22H,6-7,11H2,1-3H3. The highest BCUT2D eigenvalue weighted by Crippen LogP contribution is 2.47. The van der Waals surface area contributed by atoms with Gasteiger partial charge in [0.05, 0.1) is 24.4 Å². The molecule has 0 unspecified atom stereocenters. The number of carbonyl (C=O) groups is 1. The molecule has 2 heterocycles. The molecule has 0 saturated carbocycles. The largest absolute Gasteiger partial charge is 0.493 e. The number of fused-ring (bicyclic) bond motifs is 1. The average molecular weight is 415 g/mol. The van der Waals surface area contributed by atoms with Crippen LogP contribution in [0.5, 0.6) is 11.5 Å². The Bertz CT molecular complexity index is 1020. The van der Waals surface area contributed by atoms with Crippen molar-refractivity contribution in [3.8, 4) is 11.5 Å². The topological polar surface area (TPSA) is 48.7 Å². The Morgan fingerprint density at radius 2 is 1.86 bits per heavy atom. The second-order valence-corrected chi connectivity index (χ2v) is 9.55. The van der Waals surface area contributed by atoms with E-state index >= 15 is 0 Å². The van der Waals surface area contributed by atoms with Gasteiger partial charge in [-0.1, -0.05) is 6.07 Å². The predicted molar refractivity (Wildman–Crippen MR) is 116 cm³/mol. The van der Waals surface area contributed by atoms with Crippen LogP contribution in [0, 0.1) is 13.8 Å². The van der Waals surface area contributed by atoms with Crippen molar-refractivity contribution in [1.82, 2.24) is 0 Å². The third kappa shape index (κ3) is 3.89. The minimum absolute atomic E-state index is 0.148. The Morgan fingerprint density at radius 1 is 1.11 bits per heavy atom. The molecule has 4 rings (SSSR count). The lowest BCUT2D eigenvalue weighted by Gasteiger charge is -2.13. The zero-order chi connectivity index (χ0) is 19.7. The first-order valence-electron chi connectivity index (χ1n) is 9.14. The molecule has 1 aliphatic heterocycles. The number of benzene rings is 2. The first-order chi connectivity index (χ1) is 13.5. The molecule has 4 nitrogen and oxygen atoms in total. The number of aryl methyl sites for hydroxylation is 2. The van der Waals surface area contributed by atoms with E-state index in [0.717, 1.165) is 28.0 Å². The molecule has 146 valence electrons. The van der Waals surface area contributed by atoms with Crippen LogP contribution in [-0.4, -0.2) is 24.6 Å². The van der Waals surface area contributed by atoms with E-state index in [1.807, 2.05) is 54.7 Å². The zero-order valence-electron chi connectivity index (χ0n) is 16.1. The van der Waals surface area contributed by atoms with Crippen LogP contribution in [0.25, 0.3) is 11.0 Å². The summed E-state index contributed by atoms with van der Waals surface area (Å²) >= 11 is 3.86. The second kappa shape index (κ2) is 8.13.